The minimum atomic E-state index is -4.40. The molecule has 80 heavy (non-hydrogen) atoms. The van der Waals surface area contributed by atoms with E-state index in [2.05, 4.69) is 45.3 Å². The third kappa shape index (κ3) is 57.1. The van der Waals surface area contributed by atoms with E-state index in [0.29, 0.717) is 76.1 Å². The van der Waals surface area contributed by atoms with Crippen LogP contribution in [0.4, 0.5) is 0 Å². The predicted octanol–water partition coefficient (Wildman–Crippen LogP) is -3.74. The molecule has 0 saturated heterocycles. The van der Waals surface area contributed by atoms with Crippen molar-refractivity contribution >= 4 is 40.5 Å². The van der Waals surface area contributed by atoms with Crippen LogP contribution in [0.25, 0.3) is 0 Å². The fraction of sp³-hybridized carbons (Fsp3) is 0.882. The summed E-state index contributed by atoms with van der Waals surface area (Å²) in [5.41, 5.74) is 1.15. The summed E-state index contributed by atoms with van der Waals surface area (Å²) in [7, 11) is 2.72. The summed E-state index contributed by atoms with van der Waals surface area (Å²) in [4.78, 5) is 5.70. The van der Waals surface area contributed by atoms with Crippen molar-refractivity contribution in [2.45, 2.75) is 90.6 Å². The van der Waals surface area contributed by atoms with Gasteiger partial charge in [-0.05, 0) is 53.9 Å². The highest BCUT2D eigenvalue weighted by Gasteiger charge is 2.31. The number of nitrogens with zero attached hydrogens (tertiary/aromatic N) is 7. The van der Waals surface area contributed by atoms with Crippen molar-refractivity contribution in [1.29, 1.82) is 0 Å². The van der Waals surface area contributed by atoms with Gasteiger partial charge in [0, 0.05) is 64.2 Å². The fourth-order valence-corrected chi connectivity index (χ4v) is 10.6. The van der Waals surface area contributed by atoms with Crippen molar-refractivity contribution in [3.05, 3.63) is 35.9 Å². The average Bonchev–Trinajstić information content (AvgIpc) is 3.30. The number of benzene rings is 1. The molecule has 0 saturated carbocycles. The second kappa shape index (κ2) is 43.3. The van der Waals surface area contributed by atoms with Gasteiger partial charge in [0.2, 0.25) is 0 Å². The van der Waals surface area contributed by atoms with E-state index in [-0.39, 0.29) is 66.8 Å². The molecule has 0 aliphatic carbocycles. The number of quaternary nitrogens is 4. The molecule has 0 heterocycles. The Kier molecular flexibility index (Phi) is 46.1. The summed E-state index contributed by atoms with van der Waals surface area (Å²) >= 11 is 0. The molecule has 0 aliphatic rings. The van der Waals surface area contributed by atoms with E-state index in [1.165, 1.54) is 38.9 Å². The maximum Gasteiger partial charge on any atom is 0.152 e. The van der Waals surface area contributed by atoms with Crippen LogP contribution in [-0.2, 0) is 47.0 Å². The first-order valence-corrected chi connectivity index (χ1v) is 33.8. The smallest absolute Gasteiger partial charge is 0.152 e. The Labute approximate surface area is 491 Å². The van der Waals surface area contributed by atoms with Gasteiger partial charge in [0.1, 0.15) is 52.5 Å². The van der Waals surface area contributed by atoms with Crippen molar-refractivity contribution in [1.82, 2.24) is 20.0 Å². The van der Waals surface area contributed by atoms with Gasteiger partial charge in [-0.2, -0.15) is 0 Å². The lowest BCUT2D eigenvalue weighted by atomic mass is 10.1. The third-order valence-electron chi connectivity index (χ3n) is 13.3. The molecule has 5 unspecified atom stereocenters. The monoisotopic (exact) mass is 1250 g/mol. The SMILES string of the molecule is CCC(O)CNCCO.CCC(O)C[N+](C)(CCCN(C)CCS(=O)(=O)[O-])CCS(=O)(=O)[O-].CCCCC[N+](C)(C)CCN(C)C.CN(CCC[N+](C)(CCS(=O)(=O)[O-])CC(O)C[N+](C)(C)Cc1ccccc1)CCS(=O)(=O)[O-].[Cl-]. The topological polar surface area (TPSA) is 331 Å². The van der Waals surface area contributed by atoms with E-state index >= 15 is 0 Å². The standard InChI is InChI=1S/C21H39N3O7S2.C13H30N2O7S2.C11H27N2.C6H15NO2.ClH/c1-22(12-15-32(26,27)28)11-8-13-24(4,14-16-33(29,30)31)19-21(25)18-23(2,3)17-20-9-6-5-7-10-20;1-4-13(16)12-15(3,9-11-24(20,21)22)8-5-6-14(2)7-10-23(17,18)19;1-6-7-8-10-13(4,5)11-9-12(2)3;1-2-6(9)5-7-3-4-8;/h5-7,9-10,21,25H,8,11-19H2,1-4H3;13,16H,4-12H2,1-3H3,(H-,17,18,19,20,21,22);6-11H2,1-5H3;6-9H,2-5H2,1H3;1H/q;;+1;;/p-2. The molecule has 1 rings (SSSR count). The number of aliphatic hydroxyl groups is 4. The summed E-state index contributed by atoms with van der Waals surface area (Å²) < 4.78 is 133. The van der Waals surface area contributed by atoms with Gasteiger partial charge in [-0.1, -0.05) is 57.5 Å². The van der Waals surface area contributed by atoms with Crippen LogP contribution in [-0.4, -0.2) is 328 Å². The van der Waals surface area contributed by atoms with Crippen LogP contribution >= 0.6 is 0 Å². The second-order valence-electron chi connectivity index (χ2n) is 23.2. The Morgan fingerprint density at radius 3 is 1.31 bits per heavy atom. The number of rotatable bonds is 41. The summed E-state index contributed by atoms with van der Waals surface area (Å²) in [6.07, 6.45) is 4.99. The Morgan fingerprint density at radius 1 is 0.512 bits per heavy atom. The van der Waals surface area contributed by atoms with Gasteiger partial charge in [-0.3, -0.25) is 0 Å². The number of hydrogen-bond acceptors (Lipinski definition) is 20. The second-order valence-corrected chi connectivity index (χ2v) is 29.3. The minimum Gasteiger partial charge on any atom is -1.00 e. The summed E-state index contributed by atoms with van der Waals surface area (Å²) in [5, 5.41) is 40.8. The Hall–Kier alpha value is -1.33. The van der Waals surface area contributed by atoms with Crippen LogP contribution in [0.15, 0.2) is 30.3 Å². The molecule has 0 aliphatic heterocycles. The van der Waals surface area contributed by atoms with E-state index < -0.39 is 75.7 Å². The first-order chi connectivity index (χ1) is 36.0. The molecule has 0 spiro atoms. The fourth-order valence-electron chi connectivity index (χ4n) is 8.24. The molecule has 0 radical (unpaired) electrons. The largest absolute Gasteiger partial charge is 1.00 e. The molecule has 5 N–H and O–H groups in total. The maximum atomic E-state index is 11.2. The van der Waals surface area contributed by atoms with Crippen LogP contribution in [0.5, 0.6) is 0 Å². The van der Waals surface area contributed by atoms with Crippen molar-refractivity contribution in [3.63, 3.8) is 0 Å². The average molecular weight is 1260 g/mol. The Bertz CT molecular complexity index is 2160. The Balaban J connectivity index is -0.000000534. The zero-order valence-electron chi connectivity index (χ0n) is 51.0. The lowest BCUT2D eigenvalue weighted by Crippen LogP contribution is -3.00. The number of likely N-dealkylation sites (N-methyl/N-ethyl adjacent to an activating group) is 5. The first kappa shape index (κ1) is 85.1. The normalized spacial score (nSPS) is 15.2. The molecule has 0 bridgehead atoms. The predicted molar refractivity (Wildman–Crippen MR) is 310 cm³/mol. The van der Waals surface area contributed by atoms with E-state index in [4.69, 9.17) is 10.2 Å². The number of hydrogen-bond donors (Lipinski definition) is 5. The van der Waals surface area contributed by atoms with Gasteiger partial charge in [0.15, 0.2) is 6.10 Å². The zero-order chi connectivity index (χ0) is 61.8. The highest BCUT2D eigenvalue weighted by atomic mass is 35.5. The molecule has 5 atom stereocenters. The number of aliphatic hydroxyl groups excluding tert-OH is 4. The van der Waals surface area contributed by atoms with Gasteiger partial charge in [0.05, 0.1) is 138 Å². The van der Waals surface area contributed by atoms with E-state index in [1.54, 1.807) is 30.9 Å². The minimum absolute atomic E-state index is 0. The zero-order valence-corrected chi connectivity index (χ0v) is 55.0. The van der Waals surface area contributed by atoms with E-state index in [0.717, 1.165) is 23.0 Å². The van der Waals surface area contributed by atoms with Crippen LogP contribution in [0.1, 0.15) is 71.3 Å². The highest BCUT2D eigenvalue weighted by Crippen LogP contribution is 2.15. The van der Waals surface area contributed by atoms with Gasteiger partial charge in [-0.15, -0.1) is 0 Å². The Morgan fingerprint density at radius 2 is 0.938 bits per heavy atom. The first-order valence-electron chi connectivity index (χ1n) is 27.5. The lowest BCUT2D eigenvalue weighted by molar-refractivity contribution is -0.929. The molecule has 1 aromatic carbocycles. The summed E-state index contributed by atoms with van der Waals surface area (Å²) in [6.45, 7) is 15.3. The number of nitrogens with one attached hydrogen (secondary N) is 1. The highest BCUT2D eigenvalue weighted by molar-refractivity contribution is 7.86. The van der Waals surface area contributed by atoms with Crippen LogP contribution in [0, 0.1) is 0 Å². The molecule has 482 valence electrons. The van der Waals surface area contributed by atoms with Crippen LogP contribution in [0.2, 0.25) is 0 Å². The van der Waals surface area contributed by atoms with E-state index in [9.17, 15) is 62.1 Å². The molecular formula is C51H110ClN8O16S4-. The molecular weight excluding hydrogens is 1140 g/mol. The maximum absolute atomic E-state index is 11.2. The number of halogens is 1. The van der Waals surface area contributed by atoms with Crippen LogP contribution < -0.4 is 17.7 Å². The van der Waals surface area contributed by atoms with Crippen molar-refractivity contribution in [2.24, 2.45) is 0 Å². The molecule has 0 fully saturated rings. The molecule has 0 amide bonds. The van der Waals surface area contributed by atoms with Crippen LogP contribution in [0.3, 0.4) is 0 Å². The third-order valence-corrected chi connectivity index (χ3v) is 16.0. The van der Waals surface area contributed by atoms with Gasteiger partial charge in [-0.25, -0.2) is 33.7 Å². The van der Waals surface area contributed by atoms with Gasteiger partial charge < -0.3 is 89.0 Å². The van der Waals surface area contributed by atoms with Crippen molar-refractivity contribution in [2.75, 3.05) is 205 Å². The molecule has 24 nitrogen and oxygen atoms in total. The molecule has 0 aromatic heterocycles. The lowest BCUT2D eigenvalue weighted by Gasteiger charge is -2.39. The summed E-state index contributed by atoms with van der Waals surface area (Å²) in [6, 6.07) is 9.93. The molecule has 1 aromatic rings. The van der Waals surface area contributed by atoms with Gasteiger partial charge >= 0.3 is 0 Å². The quantitative estimate of drug-likeness (QED) is 0.0239. The molecule has 29 heteroatoms. The van der Waals surface area contributed by atoms with E-state index in [1.807, 2.05) is 65.3 Å². The van der Waals surface area contributed by atoms with Crippen molar-refractivity contribution < 1.29 is 103 Å². The summed E-state index contributed by atoms with van der Waals surface area (Å²) in [5.74, 6) is -1.96. The van der Waals surface area contributed by atoms with Gasteiger partial charge in [0.25, 0.3) is 0 Å². The number of unbranched alkanes of at least 4 members (excludes halogenated alkanes) is 2. The van der Waals surface area contributed by atoms with Crippen molar-refractivity contribution in [3.8, 4) is 0 Å².